The minimum absolute atomic E-state index is 0.0244. The van der Waals surface area contributed by atoms with Gasteiger partial charge in [0.1, 0.15) is 18.5 Å². The summed E-state index contributed by atoms with van der Waals surface area (Å²) in [5.41, 5.74) is 6.21. The van der Waals surface area contributed by atoms with Crippen molar-refractivity contribution in [3.8, 4) is 28.1 Å². The van der Waals surface area contributed by atoms with Gasteiger partial charge in [0.15, 0.2) is 0 Å². The number of nitrogens with zero attached hydrogens (tertiary/aromatic N) is 4. The minimum Gasteiger partial charge on any atom is -0.492 e. The Bertz CT molecular complexity index is 1460. The minimum atomic E-state index is -0.834. The molecule has 2 aromatic carbocycles. The first-order valence-electron chi connectivity index (χ1n) is 13.4. The van der Waals surface area contributed by atoms with Gasteiger partial charge in [-0.1, -0.05) is 6.07 Å². The molecule has 39 heavy (non-hydrogen) atoms. The van der Waals surface area contributed by atoms with Gasteiger partial charge < -0.3 is 15.4 Å². The van der Waals surface area contributed by atoms with Crippen molar-refractivity contribution in [2.24, 2.45) is 7.05 Å². The van der Waals surface area contributed by atoms with E-state index in [1.165, 1.54) is 0 Å². The van der Waals surface area contributed by atoms with E-state index < -0.39 is 6.17 Å². The number of amides is 1. The Kier molecular flexibility index (Phi) is 7.79. The average molecular weight is 531 g/mol. The summed E-state index contributed by atoms with van der Waals surface area (Å²) in [6, 6.07) is 13.5. The first-order valence-corrected chi connectivity index (χ1v) is 13.4. The maximum absolute atomic E-state index is 13.5. The van der Waals surface area contributed by atoms with Gasteiger partial charge in [-0.05, 0) is 80.3 Å². The number of carbonyl (C=O) groups excluding carboxylic acids is 1. The Labute approximate surface area is 228 Å². The van der Waals surface area contributed by atoms with Crippen LogP contribution in [-0.2, 0) is 13.6 Å². The summed E-state index contributed by atoms with van der Waals surface area (Å²) >= 11 is 0. The number of halogens is 1. The lowest BCUT2D eigenvalue weighted by Crippen LogP contribution is -2.29. The molecule has 3 heterocycles. The fourth-order valence-corrected chi connectivity index (χ4v) is 4.87. The summed E-state index contributed by atoms with van der Waals surface area (Å²) in [5.74, 6) is 0.409. The summed E-state index contributed by atoms with van der Waals surface area (Å²) in [4.78, 5) is 13.4. The van der Waals surface area contributed by atoms with Crippen LogP contribution >= 0.6 is 0 Å². The van der Waals surface area contributed by atoms with E-state index in [-0.39, 0.29) is 18.0 Å². The Hall–Kier alpha value is -3.98. The van der Waals surface area contributed by atoms with Crippen LogP contribution in [0.5, 0.6) is 5.75 Å². The van der Waals surface area contributed by atoms with Gasteiger partial charge in [0.25, 0.3) is 5.91 Å². The van der Waals surface area contributed by atoms with E-state index in [0.717, 1.165) is 40.1 Å². The highest BCUT2D eigenvalue weighted by atomic mass is 19.1. The lowest BCUT2D eigenvalue weighted by Gasteiger charge is -2.18. The molecule has 204 valence electrons. The van der Waals surface area contributed by atoms with Crippen LogP contribution in [0.2, 0.25) is 0 Å². The van der Waals surface area contributed by atoms with Crippen LogP contribution in [0.15, 0.2) is 61.1 Å². The van der Waals surface area contributed by atoms with Crippen molar-refractivity contribution < 1.29 is 13.9 Å². The van der Waals surface area contributed by atoms with Crippen LogP contribution in [0.4, 0.5) is 4.39 Å². The summed E-state index contributed by atoms with van der Waals surface area (Å²) in [5, 5.41) is 15.3. The summed E-state index contributed by atoms with van der Waals surface area (Å²) in [7, 11) is 1.89. The van der Waals surface area contributed by atoms with Crippen molar-refractivity contribution in [3.63, 3.8) is 0 Å². The molecule has 4 aromatic rings. The average Bonchev–Trinajstić information content (AvgIpc) is 3.69. The Morgan fingerprint density at radius 1 is 1.21 bits per heavy atom. The fourth-order valence-electron chi connectivity index (χ4n) is 4.87. The molecule has 2 aromatic heterocycles. The standard InChI is InChI=1S/C30H35FN6O2/c1-5-37-9-8-29(35-37)23-11-21(10-22(12-23)24-15-33-36(4)17-24)20(3)34-30(38)28-14-27(7-6-19(28)2)39-18-26-13-25(31)16-32-26/h6-12,14-15,17,20,25-26,32H,5,13,16,18H2,1-4H3,(H,34,38)/t20-,25+,26+/m1/s1. The Balaban J connectivity index is 1.37. The van der Waals surface area contributed by atoms with Crippen molar-refractivity contribution in [1.29, 1.82) is 0 Å². The fraction of sp³-hybridized carbons (Fsp3) is 0.367. The third-order valence-electron chi connectivity index (χ3n) is 7.17. The zero-order chi connectivity index (χ0) is 27.5. The number of nitrogens with one attached hydrogen (secondary N) is 2. The monoisotopic (exact) mass is 530 g/mol. The van der Waals surface area contributed by atoms with Crippen LogP contribution < -0.4 is 15.4 Å². The van der Waals surface area contributed by atoms with Crippen LogP contribution in [0.3, 0.4) is 0 Å². The normalized spacial score (nSPS) is 17.8. The molecule has 0 unspecified atom stereocenters. The van der Waals surface area contributed by atoms with E-state index in [9.17, 15) is 9.18 Å². The van der Waals surface area contributed by atoms with E-state index in [4.69, 9.17) is 4.74 Å². The first-order chi connectivity index (χ1) is 18.8. The summed E-state index contributed by atoms with van der Waals surface area (Å²) in [6.07, 6.45) is 5.38. The van der Waals surface area contributed by atoms with Crippen molar-refractivity contribution in [1.82, 2.24) is 30.2 Å². The molecule has 5 rings (SSSR count). The van der Waals surface area contributed by atoms with Crippen LogP contribution in [0.25, 0.3) is 22.4 Å². The summed E-state index contributed by atoms with van der Waals surface area (Å²) < 4.78 is 23.0. The third kappa shape index (κ3) is 6.20. The van der Waals surface area contributed by atoms with Crippen LogP contribution in [-0.4, -0.2) is 50.8 Å². The number of hydrogen-bond donors (Lipinski definition) is 2. The molecule has 1 fully saturated rings. The van der Waals surface area contributed by atoms with Gasteiger partial charge in [-0.3, -0.25) is 14.2 Å². The van der Waals surface area contributed by atoms with Crippen molar-refractivity contribution in [3.05, 3.63) is 77.7 Å². The highest BCUT2D eigenvalue weighted by Gasteiger charge is 2.24. The molecule has 0 radical (unpaired) electrons. The van der Waals surface area contributed by atoms with E-state index >= 15 is 0 Å². The Morgan fingerprint density at radius 2 is 2.03 bits per heavy atom. The number of aryl methyl sites for hydroxylation is 3. The predicted molar refractivity (Wildman–Crippen MR) is 149 cm³/mol. The number of hydrogen-bond acceptors (Lipinski definition) is 5. The largest absolute Gasteiger partial charge is 0.492 e. The SMILES string of the molecule is CCn1ccc(-c2cc(-c3cnn(C)c3)cc([C@@H](C)NC(=O)c3cc(OC[C@@H]4C[C@H](F)CN4)ccc3C)c2)n1. The molecule has 1 amide bonds. The molecule has 1 saturated heterocycles. The number of aromatic nitrogens is 4. The highest BCUT2D eigenvalue weighted by molar-refractivity contribution is 5.96. The molecular weight excluding hydrogens is 495 g/mol. The highest BCUT2D eigenvalue weighted by Crippen LogP contribution is 2.30. The molecule has 0 aliphatic carbocycles. The number of ether oxygens (including phenoxy) is 1. The third-order valence-corrected chi connectivity index (χ3v) is 7.17. The molecule has 8 nitrogen and oxygen atoms in total. The molecule has 1 aliphatic rings. The van der Waals surface area contributed by atoms with Crippen LogP contribution in [0, 0.1) is 6.92 Å². The van der Waals surface area contributed by atoms with E-state index in [0.29, 0.717) is 30.9 Å². The predicted octanol–water partition coefficient (Wildman–Crippen LogP) is 4.85. The molecule has 2 N–H and O–H groups in total. The van der Waals surface area contributed by atoms with Gasteiger partial charge in [-0.2, -0.15) is 10.2 Å². The zero-order valence-electron chi connectivity index (χ0n) is 22.8. The lowest BCUT2D eigenvalue weighted by atomic mass is 9.96. The van der Waals surface area contributed by atoms with Gasteiger partial charge in [-0.25, -0.2) is 4.39 Å². The molecule has 3 atom stereocenters. The van der Waals surface area contributed by atoms with E-state index in [2.05, 4.69) is 46.0 Å². The second-order valence-corrected chi connectivity index (χ2v) is 10.2. The molecule has 9 heteroatoms. The quantitative estimate of drug-likeness (QED) is 0.323. The lowest BCUT2D eigenvalue weighted by molar-refractivity contribution is 0.0938. The Morgan fingerprint density at radius 3 is 2.72 bits per heavy atom. The van der Waals surface area contributed by atoms with E-state index in [1.807, 2.05) is 62.4 Å². The van der Waals surface area contributed by atoms with Crippen molar-refractivity contribution in [2.75, 3.05) is 13.2 Å². The number of carbonyl (C=O) groups is 1. The van der Waals surface area contributed by atoms with Crippen molar-refractivity contribution >= 4 is 5.91 Å². The van der Waals surface area contributed by atoms with Gasteiger partial charge in [-0.15, -0.1) is 0 Å². The number of alkyl halides is 1. The van der Waals surface area contributed by atoms with Gasteiger partial charge in [0.2, 0.25) is 0 Å². The summed E-state index contributed by atoms with van der Waals surface area (Å²) in [6.45, 7) is 7.44. The molecule has 0 spiro atoms. The smallest absolute Gasteiger partial charge is 0.252 e. The molecule has 0 bridgehead atoms. The van der Waals surface area contributed by atoms with Crippen LogP contribution in [0.1, 0.15) is 47.8 Å². The maximum atomic E-state index is 13.5. The maximum Gasteiger partial charge on any atom is 0.252 e. The topological polar surface area (TPSA) is 86.0 Å². The molecule has 0 saturated carbocycles. The first kappa shape index (κ1) is 26.6. The molecular formula is C30H35FN6O2. The van der Waals surface area contributed by atoms with Gasteiger partial charge in [0.05, 0.1) is 17.9 Å². The second kappa shape index (κ2) is 11.4. The van der Waals surface area contributed by atoms with Gasteiger partial charge in [0, 0.05) is 55.3 Å². The zero-order valence-corrected chi connectivity index (χ0v) is 22.8. The second-order valence-electron chi connectivity index (χ2n) is 10.2. The van der Waals surface area contributed by atoms with Crippen molar-refractivity contribution in [2.45, 2.75) is 52.0 Å². The number of rotatable bonds is 9. The molecule has 1 aliphatic heterocycles. The number of benzene rings is 2. The van der Waals surface area contributed by atoms with E-state index in [1.54, 1.807) is 10.7 Å². The van der Waals surface area contributed by atoms with Gasteiger partial charge >= 0.3 is 0 Å².